The smallest absolute Gasteiger partial charge is 0.310 e. The van der Waals surface area contributed by atoms with E-state index in [0.29, 0.717) is 18.7 Å². The molecule has 2 rings (SSSR count). The lowest BCUT2D eigenvalue weighted by atomic mass is 9.88. The second-order valence-corrected chi connectivity index (χ2v) is 6.48. The van der Waals surface area contributed by atoms with Crippen molar-refractivity contribution in [1.29, 1.82) is 0 Å². The summed E-state index contributed by atoms with van der Waals surface area (Å²) in [5.74, 6) is -2.33. The van der Waals surface area contributed by atoms with Gasteiger partial charge < -0.3 is 4.74 Å². The maximum absolute atomic E-state index is 14.1. The van der Waals surface area contributed by atoms with Crippen LogP contribution in [0.1, 0.15) is 32.3 Å². The van der Waals surface area contributed by atoms with Crippen LogP contribution in [0, 0.1) is 17.6 Å². The predicted octanol–water partition coefficient (Wildman–Crippen LogP) is 2.95. The number of methoxy groups -OCH3 is 1. The first-order valence-corrected chi connectivity index (χ1v) is 7.02. The van der Waals surface area contributed by atoms with Crippen molar-refractivity contribution >= 4 is 5.97 Å². The number of rotatable bonds is 2. The van der Waals surface area contributed by atoms with Crippen LogP contribution in [0.25, 0.3) is 0 Å². The summed E-state index contributed by atoms with van der Waals surface area (Å²) in [4.78, 5) is 14.1. The zero-order valence-electron chi connectivity index (χ0n) is 12.8. The summed E-state index contributed by atoms with van der Waals surface area (Å²) < 4.78 is 32.0. The highest BCUT2D eigenvalue weighted by Gasteiger charge is 2.43. The van der Waals surface area contributed by atoms with E-state index in [2.05, 4.69) is 4.90 Å². The van der Waals surface area contributed by atoms with Gasteiger partial charge in [-0.1, -0.05) is 6.07 Å². The number of hydrogen-bond acceptors (Lipinski definition) is 3. The normalized spacial score (nSPS) is 23.3. The number of hydrogen-bond donors (Lipinski definition) is 0. The van der Waals surface area contributed by atoms with Gasteiger partial charge in [-0.25, -0.2) is 8.78 Å². The summed E-state index contributed by atoms with van der Waals surface area (Å²) in [6, 6.07) is 3.52. The van der Waals surface area contributed by atoms with E-state index in [4.69, 9.17) is 4.74 Å². The molecule has 3 nitrogen and oxygen atoms in total. The van der Waals surface area contributed by atoms with Crippen LogP contribution in [-0.4, -0.2) is 36.6 Å². The first-order valence-electron chi connectivity index (χ1n) is 7.02. The fourth-order valence-corrected chi connectivity index (χ4v) is 2.86. The van der Waals surface area contributed by atoms with Crippen LogP contribution in [0.5, 0.6) is 0 Å². The maximum Gasteiger partial charge on any atom is 0.310 e. The average Bonchev–Trinajstić information content (AvgIpc) is 2.82. The first-order chi connectivity index (χ1) is 9.74. The van der Waals surface area contributed by atoms with Gasteiger partial charge in [0.1, 0.15) is 11.6 Å². The highest BCUT2D eigenvalue weighted by molar-refractivity contribution is 5.74. The molecule has 1 aliphatic heterocycles. The average molecular weight is 297 g/mol. The highest BCUT2D eigenvalue weighted by atomic mass is 19.1. The van der Waals surface area contributed by atoms with Crippen LogP contribution in [0.15, 0.2) is 18.2 Å². The van der Waals surface area contributed by atoms with Gasteiger partial charge in [0.15, 0.2) is 0 Å². The Morgan fingerprint density at radius 2 is 1.95 bits per heavy atom. The van der Waals surface area contributed by atoms with Crippen LogP contribution in [0.3, 0.4) is 0 Å². The Labute approximate surface area is 123 Å². The van der Waals surface area contributed by atoms with Crippen molar-refractivity contribution < 1.29 is 18.3 Å². The molecule has 0 bridgehead atoms. The van der Waals surface area contributed by atoms with Crippen molar-refractivity contribution in [3.8, 4) is 0 Å². The van der Waals surface area contributed by atoms with Crippen LogP contribution >= 0.6 is 0 Å². The summed E-state index contributed by atoms with van der Waals surface area (Å²) in [6.45, 7) is 7.20. The third-order valence-corrected chi connectivity index (χ3v) is 4.13. The van der Waals surface area contributed by atoms with Gasteiger partial charge in [0, 0.05) is 30.6 Å². The van der Waals surface area contributed by atoms with E-state index in [1.807, 2.05) is 20.8 Å². The molecule has 0 aliphatic carbocycles. The van der Waals surface area contributed by atoms with Crippen LogP contribution in [0.2, 0.25) is 0 Å². The van der Waals surface area contributed by atoms with E-state index in [-0.39, 0.29) is 17.4 Å². The first kappa shape index (κ1) is 15.9. The molecule has 0 amide bonds. The standard InChI is InChI=1S/C16H21F2NO2/c1-16(2,3)19-8-12(13(9-19)15(20)21-4)11-6-5-10(17)7-14(11)18/h5-7,12-13H,8-9H2,1-4H3/t12-,13+/m0/s1. The summed E-state index contributed by atoms with van der Waals surface area (Å²) >= 11 is 0. The fraction of sp³-hybridized carbons (Fsp3) is 0.562. The van der Waals surface area contributed by atoms with Crippen LogP contribution < -0.4 is 0 Å². The Balaban J connectivity index is 2.36. The number of nitrogens with zero attached hydrogens (tertiary/aromatic N) is 1. The van der Waals surface area contributed by atoms with Crippen molar-refractivity contribution in [2.75, 3.05) is 20.2 Å². The minimum absolute atomic E-state index is 0.127. The molecule has 0 spiro atoms. The summed E-state index contributed by atoms with van der Waals surface area (Å²) in [5, 5.41) is 0. The molecule has 0 aromatic heterocycles. The summed E-state index contributed by atoms with van der Waals surface area (Å²) in [7, 11) is 1.33. The monoisotopic (exact) mass is 297 g/mol. The number of ether oxygens (including phenoxy) is 1. The predicted molar refractivity (Wildman–Crippen MR) is 75.9 cm³/mol. The molecule has 1 aromatic rings. The molecule has 1 aliphatic rings. The van der Waals surface area contributed by atoms with Crippen molar-refractivity contribution in [3.63, 3.8) is 0 Å². The minimum Gasteiger partial charge on any atom is -0.469 e. The van der Waals surface area contributed by atoms with E-state index in [9.17, 15) is 13.6 Å². The maximum atomic E-state index is 14.1. The van der Waals surface area contributed by atoms with E-state index < -0.39 is 17.6 Å². The number of esters is 1. The van der Waals surface area contributed by atoms with Crippen molar-refractivity contribution in [3.05, 3.63) is 35.4 Å². The lowest BCUT2D eigenvalue weighted by molar-refractivity contribution is -0.145. The van der Waals surface area contributed by atoms with E-state index >= 15 is 0 Å². The molecule has 1 aromatic carbocycles. The summed E-state index contributed by atoms with van der Waals surface area (Å²) in [5.41, 5.74) is 0.246. The molecule has 1 heterocycles. The van der Waals surface area contributed by atoms with E-state index in [1.54, 1.807) is 0 Å². The second kappa shape index (κ2) is 5.72. The Morgan fingerprint density at radius 1 is 1.29 bits per heavy atom. The molecule has 0 unspecified atom stereocenters. The van der Waals surface area contributed by atoms with Gasteiger partial charge in [-0.05, 0) is 32.4 Å². The molecule has 0 N–H and O–H groups in total. The number of likely N-dealkylation sites (tertiary alicyclic amines) is 1. The zero-order chi connectivity index (χ0) is 15.8. The number of carbonyl (C=O) groups excluding carboxylic acids is 1. The van der Waals surface area contributed by atoms with Gasteiger partial charge in [-0.3, -0.25) is 9.69 Å². The molecule has 5 heteroatoms. The van der Waals surface area contributed by atoms with Gasteiger partial charge in [-0.2, -0.15) is 0 Å². The third-order valence-electron chi connectivity index (χ3n) is 4.13. The SMILES string of the molecule is COC(=O)[C@@H]1CN(C(C)(C)C)C[C@H]1c1ccc(F)cc1F. The molecule has 0 radical (unpaired) electrons. The van der Waals surface area contributed by atoms with Gasteiger partial charge in [0.25, 0.3) is 0 Å². The fourth-order valence-electron chi connectivity index (χ4n) is 2.86. The van der Waals surface area contributed by atoms with E-state index in [1.165, 1.54) is 19.2 Å². The Morgan fingerprint density at radius 3 is 2.48 bits per heavy atom. The van der Waals surface area contributed by atoms with Crippen LogP contribution in [-0.2, 0) is 9.53 Å². The Hall–Kier alpha value is -1.49. The second-order valence-electron chi connectivity index (χ2n) is 6.48. The largest absolute Gasteiger partial charge is 0.469 e. The quantitative estimate of drug-likeness (QED) is 0.786. The zero-order valence-corrected chi connectivity index (χ0v) is 12.8. The van der Waals surface area contributed by atoms with E-state index in [0.717, 1.165) is 6.07 Å². The topological polar surface area (TPSA) is 29.5 Å². The summed E-state index contributed by atoms with van der Waals surface area (Å²) in [6.07, 6.45) is 0. The van der Waals surface area contributed by atoms with Crippen molar-refractivity contribution in [2.24, 2.45) is 5.92 Å². The molecule has 2 atom stereocenters. The molecule has 0 saturated carbocycles. The van der Waals surface area contributed by atoms with Gasteiger partial charge in [0.2, 0.25) is 0 Å². The number of benzene rings is 1. The van der Waals surface area contributed by atoms with Gasteiger partial charge in [-0.15, -0.1) is 0 Å². The third kappa shape index (κ3) is 3.23. The molecular weight excluding hydrogens is 276 g/mol. The van der Waals surface area contributed by atoms with Gasteiger partial charge in [0.05, 0.1) is 13.0 Å². The van der Waals surface area contributed by atoms with Crippen molar-refractivity contribution in [2.45, 2.75) is 32.2 Å². The minimum atomic E-state index is -0.614. The van der Waals surface area contributed by atoms with Gasteiger partial charge >= 0.3 is 5.97 Å². The molecule has 116 valence electrons. The van der Waals surface area contributed by atoms with Crippen molar-refractivity contribution in [1.82, 2.24) is 4.90 Å². The number of halogens is 2. The van der Waals surface area contributed by atoms with Crippen LogP contribution in [0.4, 0.5) is 8.78 Å². The molecule has 1 saturated heterocycles. The Kier molecular flexibility index (Phi) is 4.33. The lowest BCUT2D eigenvalue weighted by Gasteiger charge is -2.31. The molecular formula is C16H21F2NO2. The lowest BCUT2D eigenvalue weighted by Crippen LogP contribution is -2.40. The molecule has 1 fully saturated rings. The Bertz CT molecular complexity index is 540. The highest BCUT2D eigenvalue weighted by Crippen LogP contribution is 2.37. The molecule has 21 heavy (non-hydrogen) atoms. The number of carbonyl (C=O) groups is 1.